The summed E-state index contributed by atoms with van der Waals surface area (Å²) < 4.78 is 0. The molecular weight excluding hydrogens is 240 g/mol. The Bertz CT molecular complexity index is 251. The van der Waals surface area contributed by atoms with E-state index in [0.717, 1.165) is 17.8 Å². The highest BCUT2D eigenvalue weighted by Crippen LogP contribution is 2.34. The van der Waals surface area contributed by atoms with Gasteiger partial charge in [0.05, 0.1) is 0 Å². The molecule has 2 rings (SSSR count). The zero-order chi connectivity index (χ0) is 14.0. The Balaban J connectivity index is 1.53. The highest BCUT2D eigenvalue weighted by Gasteiger charge is 2.20. The molecule has 0 heteroatoms. The standard InChI is InChI=1S/C20H36/c1-2-3-9-19-14-16-20(17-15-19)13-8-7-12-18-10-5-4-6-11-18/h7,12,18-20H,2-6,8-11,13-17H2,1H3/b12-7+. The quantitative estimate of drug-likeness (QED) is 0.444. The Labute approximate surface area is 127 Å². The maximum atomic E-state index is 2.55. The SMILES string of the molecule is CCCCC1CCC(CC/C=C/C2CCCCC2)CC1. The molecule has 0 bridgehead atoms. The van der Waals surface area contributed by atoms with Crippen LogP contribution in [0.15, 0.2) is 12.2 Å². The Kier molecular flexibility index (Phi) is 7.76. The third kappa shape index (κ3) is 6.02. The van der Waals surface area contributed by atoms with Crippen molar-refractivity contribution >= 4 is 0 Å². The van der Waals surface area contributed by atoms with Gasteiger partial charge in [0.1, 0.15) is 0 Å². The van der Waals surface area contributed by atoms with Gasteiger partial charge in [-0.3, -0.25) is 0 Å². The molecule has 116 valence electrons. The van der Waals surface area contributed by atoms with Crippen molar-refractivity contribution < 1.29 is 0 Å². The summed E-state index contributed by atoms with van der Waals surface area (Å²) in [6, 6.07) is 0. The third-order valence-electron chi connectivity index (χ3n) is 5.73. The highest BCUT2D eigenvalue weighted by molar-refractivity contribution is 4.90. The molecule has 0 N–H and O–H groups in total. The third-order valence-corrected chi connectivity index (χ3v) is 5.73. The second-order valence-electron chi connectivity index (χ2n) is 7.43. The summed E-state index contributed by atoms with van der Waals surface area (Å²) in [5.41, 5.74) is 0. The first-order valence-electron chi connectivity index (χ1n) is 9.55. The van der Waals surface area contributed by atoms with E-state index in [-0.39, 0.29) is 0 Å². The predicted molar refractivity (Wildman–Crippen MR) is 89.9 cm³/mol. The molecule has 0 unspecified atom stereocenters. The fraction of sp³-hybridized carbons (Fsp3) is 0.900. The van der Waals surface area contributed by atoms with Gasteiger partial charge in [-0.15, -0.1) is 0 Å². The van der Waals surface area contributed by atoms with Crippen LogP contribution in [0.1, 0.15) is 96.8 Å². The molecule has 2 aliphatic rings. The molecule has 0 aromatic rings. The highest BCUT2D eigenvalue weighted by atomic mass is 14.3. The number of rotatable bonds is 7. The molecule has 2 aliphatic carbocycles. The topological polar surface area (TPSA) is 0 Å². The molecule has 0 spiro atoms. The molecule has 0 heterocycles. The molecule has 0 amide bonds. The maximum absolute atomic E-state index is 2.55. The molecule has 0 aromatic heterocycles. The maximum Gasteiger partial charge on any atom is -0.0234 e. The van der Waals surface area contributed by atoms with Crippen molar-refractivity contribution in [1.82, 2.24) is 0 Å². The minimum absolute atomic E-state index is 0.925. The van der Waals surface area contributed by atoms with Gasteiger partial charge in [0.2, 0.25) is 0 Å². The van der Waals surface area contributed by atoms with Crippen LogP contribution in [-0.2, 0) is 0 Å². The average molecular weight is 277 g/mol. The zero-order valence-corrected chi connectivity index (χ0v) is 13.8. The Morgan fingerprint density at radius 1 is 0.800 bits per heavy atom. The van der Waals surface area contributed by atoms with Gasteiger partial charge in [-0.25, -0.2) is 0 Å². The van der Waals surface area contributed by atoms with Crippen molar-refractivity contribution in [3.05, 3.63) is 12.2 Å². The van der Waals surface area contributed by atoms with Crippen molar-refractivity contribution in [3.8, 4) is 0 Å². The fourth-order valence-corrected chi connectivity index (χ4v) is 4.25. The Morgan fingerprint density at radius 2 is 1.45 bits per heavy atom. The van der Waals surface area contributed by atoms with E-state index >= 15 is 0 Å². The molecular formula is C20H36. The lowest BCUT2D eigenvalue weighted by Crippen LogP contribution is -2.14. The number of unbranched alkanes of at least 4 members (excludes halogenated alkanes) is 1. The molecule has 0 radical (unpaired) electrons. The Hall–Kier alpha value is -0.260. The summed E-state index contributed by atoms with van der Waals surface area (Å²) in [6.07, 6.45) is 25.6. The van der Waals surface area contributed by atoms with E-state index in [4.69, 9.17) is 0 Å². The first kappa shape index (κ1) is 16.1. The molecule has 2 fully saturated rings. The number of hydrogen-bond donors (Lipinski definition) is 0. The van der Waals surface area contributed by atoms with E-state index in [1.807, 2.05) is 0 Å². The van der Waals surface area contributed by atoms with Crippen LogP contribution in [0.4, 0.5) is 0 Å². The average Bonchev–Trinajstić information content (AvgIpc) is 2.52. The van der Waals surface area contributed by atoms with Crippen molar-refractivity contribution in [3.63, 3.8) is 0 Å². The van der Waals surface area contributed by atoms with Crippen molar-refractivity contribution in [1.29, 1.82) is 0 Å². The lowest BCUT2D eigenvalue weighted by Gasteiger charge is -2.28. The van der Waals surface area contributed by atoms with Crippen molar-refractivity contribution in [2.45, 2.75) is 96.8 Å². The van der Waals surface area contributed by atoms with E-state index < -0.39 is 0 Å². The normalized spacial score (nSPS) is 29.1. The molecule has 0 aromatic carbocycles. The van der Waals surface area contributed by atoms with Crippen LogP contribution in [0.5, 0.6) is 0 Å². The molecule has 0 atom stereocenters. The van der Waals surface area contributed by atoms with E-state index in [9.17, 15) is 0 Å². The van der Waals surface area contributed by atoms with Crippen LogP contribution < -0.4 is 0 Å². The summed E-state index contributed by atoms with van der Waals surface area (Å²) >= 11 is 0. The van der Waals surface area contributed by atoms with E-state index in [1.165, 1.54) is 89.9 Å². The molecule has 0 saturated heterocycles. The minimum Gasteiger partial charge on any atom is -0.0882 e. The van der Waals surface area contributed by atoms with Gasteiger partial charge < -0.3 is 0 Å². The number of hydrogen-bond acceptors (Lipinski definition) is 0. The lowest BCUT2D eigenvalue weighted by atomic mass is 9.78. The summed E-state index contributed by atoms with van der Waals surface area (Å²) in [5.74, 6) is 3.04. The summed E-state index contributed by atoms with van der Waals surface area (Å²) in [6.45, 7) is 2.32. The summed E-state index contributed by atoms with van der Waals surface area (Å²) in [4.78, 5) is 0. The molecule has 20 heavy (non-hydrogen) atoms. The van der Waals surface area contributed by atoms with Crippen LogP contribution >= 0.6 is 0 Å². The van der Waals surface area contributed by atoms with E-state index in [1.54, 1.807) is 0 Å². The molecule has 2 saturated carbocycles. The predicted octanol–water partition coefficient (Wildman–Crippen LogP) is 6.90. The van der Waals surface area contributed by atoms with E-state index in [2.05, 4.69) is 19.1 Å². The Morgan fingerprint density at radius 3 is 2.10 bits per heavy atom. The second-order valence-corrected chi connectivity index (χ2v) is 7.43. The second kappa shape index (κ2) is 9.64. The van der Waals surface area contributed by atoms with Crippen LogP contribution in [0.3, 0.4) is 0 Å². The monoisotopic (exact) mass is 276 g/mol. The minimum atomic E-state index is 0.925. The van der Waals surface area contributed by atoms with E-state index in [0.29, 0.717) is 0 Å². The lowest BCUT2D eigenvalue weighted by molar-refractivity contribution is 0.250. The van der Waals surface area contributed by atoms with Gasteiger partial charge in [-0.1, -0.05) is 83.3 Å². The summed E-state index contributed by atoms with van der Waals surface area (Å²) in [5, 5.41) is 0. The van der Waals surface area contributed by atoms with Crippen LogP contribution in [0.25, 0.3) is 0 Å². The van der Waals surface area contributed by atoms with Gasteiger partial charge in [0.25, 0.3) is 0 Å². The van der Waals surface area contributed by atoms with Crippen molar-refractivity contribution in [2.24, 2.45) is 17.8 Å². The first-order valence-corrected chi connectivity index (χ1v) is 9.55. The van der Waals surface area contributed by atoms with Gasteiger partial charge in [-0.2, -0.15) is 0 Å². The smallest absolute Gasteiger partial charge is 0.0234 e. The van der Waals surface area contributed by atoms with Crippen LogP contribution in [-0.4, -0.2) is 0 Å². The molecule has 0 aliphatic heterocycles. The summed E-state index contributed by atoms with van der Waals surface area (Å²) in [7, 11) is 0. The van der Waals surface area contributed by atoms with Gasteiger partial charge in [0, 0.05) is 0 Å². The molecule has 0 nitrogen and oxygen atoms in total. The van der Waals surface area contributed by atoms with Gasteiger partial charge in [-0.05, 0) is 43.4 Å². The van der Waals surface area contributed by atoms with Gasteiger partial charge in [0.15, 0.2) is 0 Å². The van der Waals surface area contributed by atoms with Crippen LogP contribution in [0, 0.1) is 17.8 Å². The van der Waals surface area contributed by atoms with Crippen LogP contribution in [0.2, 0.25) is 0 Å². The fourth-order valence-electron chi connectivity index (χ4n) is 4.25. The largest absolute Gasteiger partial charge is 0.0882 e. The number of allylic oxidation sites excluding steroid dienone is 2. The zero-order valence-electron chi connectivity index (χ0n) is 13.8. The van der Waals surface area contributed by atoms with Crippen molar-refractivity contribution in [2.75, 3.05) is 0 Å². The van der Waals surface area contributed by atoms with Gasteiger partial charge >= 0.3 is 0 Å². The first-order chi connectivity index (χ1) is 9.88.